The maximum atomic E-state index is 12.1. The van der Waals surface area contributed by atoms with Gasteiger partial charge in [-0.2, -0.15) is 0 Å². The van der Waals surface area contributed by atoms with Crippen molar-refractivity contribution >= 4 is 41.0 Å². The molecular weight excluding hydrogens is 462 g/mol. The topological polar surface area (TPSA) is 134 Å². The van der Waals surface area contributed by atoms with Gasteiger partial charge in [0, 0.05) is 54.0 Å². The van der Waals surface area contributed by atoms with Gasteiger partial charge >= 0.3 is 5.97 Å². The van der Waals surface area contributed by atoms with Crippen LogP contribution in [0.1, 0.15) is 37.9 Å². The molecule has 0 aliphatic carbocycles. The van der Waals surface area contributed by atoms with E-state index in [1.165, 1.54) is 6.20 Å². The molecule has 1 saturated heterocycles. The SMILES string of the molecule is CC1Oc2cc(N3CCCC3=O)ccc2-c2cnc(Nc3cncc(NC(CC=O)C(=O)O)c3)cc21. The number of ether oxygens (including phenoxy) is 1. The highest BCUT2D eigenvalue weighted by Gasteiger charge is 2.27. The van der Waals surface area contributed by atoms with Gasteiger partial charge in [0.15, 0.2) is 0 Å². The Morgan fingerprint density at radius 1 is 1.22 bits per heavy atom. The van der Waals surface area contributed by atoms with Crippen LogP contribution in [-0.4, -0.2) is 45.8 Å². The number of nitrogens with one attached hydrogen (secondary N) is 2. The van der Waals surface area contributed by atoms with Gasteiger partial charge in [0.1, 0.15) is 30.0 Å². The normalized spacial score (nSPS) is 17.0. The first-order chi connectivity index (χ1) is 17.4. The zero-order valence-electron chi connectivity index (χ0n) is 19.6. The Labute approximate surface area is 207 Å². The van der Waals surface area contributed by atoms with Crippen LogP contribution in [0.25, 0.3) is 11.1 Å². The van der Waals surface area contributed by atoms with Crippen LogP contribution >= 0.6 is 0 Å². The molecule has 0 bridgehead atoms. The molecule has 0 saturated carbocycles. The molecule has 36 heavy (non-hydrogen) atoms. The number of fused-ring (bicyclic) bond motifs is 3. The number of carboxylic acid groups (broad SMARTS) is 1. The second-order valence-corrected chi connectivity index (χ2v) is 8.77. The van der Waals surface area contributed by atoms with Gasteiger partial charge in [0.25, 0.3) is 0 Å². The van der Waals surface area contributed by atoms with Gasteiger partial charge < -0.3 is 30.2 Å². The molecule has 0 radical (unpaired) electrons. The number of rotatable bonds is 8. The molecule has 2 aromatic heterocycles. The Hall–Kier alpha value is -4.47. The van der Waals surface area contributed by atoms with Gasteiger partial charge in [-0.3, -0.25) is 9.78 Å². The number of benzene rings is 1. The van der Waals surface area contributed by atoms with E-state index in [9.17, 15) is 19.5 Å². The smallest absolute Gasteiger partial charge is 0.326 e. The van der Waals surface area contributed by atoms with Crippen molar-refractivity contribution in [2.45, 2.75) is 38.3 Å². The van der Waals surface area contributed by atoms with E-state index in [0.717, 1.165) is 41.1 Å². The second kappa shape index (κ2) is 9.65. The van der Waals surface area contributed by atoms with Crippen LogP contribution in [0, 0.1) is 0 Å². The largest absolute Gasteiger partial charge is 0.485 e. The highest BCUT2D eigenvalue weighted by molar-refractivity contribution is 5.96. The van der Waals surface area contributed by atoms with E-state index in [1.54, 1.807) is 23.4 Å². The van der Waals surface area contributed by atoms with Gasteiger partial charge in [0.2, 0.25) is 5.91 Å². The minimum absolute atomic E-state index is 0.132. The van der Waals surface area contributed by atoms with E-state index >= 15 is 0 Å². The predicted molar refractivity (Wildman–Crippen MR) is 134 cm³/mol. The maximum Gasteiger partial charge on any atom is 0.326 e. The Bertz CT molecular complexity index is 1340. The number of pyridine rings is 2. The van der Waals surface area contributed by atoms with E-state index < -0.39 is 12.0 Å². The Morgan fingerprint density at radius 3 is 2.81 bits per heavy atom. The second-order valence-electron chi connectivity index (χ2n) is 8.77. The van der Waals surface area contributed by atoms with Crippen molar-refractivity contribution in [1.82, 2.24) is 9.97 Å². The van der Waals surface area contributed by atoms with Crippen molar-refractivity contribution in [3.05, 3.63) is 54.5 Å². The summed E-state index contributed by atoms with van der Waals surface area (Å²) in [6.07, 6.45) is 6.48. The molecule has 2 unspecified atom stereocenters. The molecule has 5 rings (SSSR count). The lowest BCUT2D eigenvalue weighted by Crippen LogP contribution is -2.29. The summed E-state index contributed by atoms with van der Waals surface area (Å²) in [7, 11) is 0. The number of carbonyl (C=O) groups excluding carboxylic acids is 2. The first-order valence-electron chi connectivity index (χ1n) is 11.7. The quantitative estimate of drug-likeness (QED) is 0.404. The average molecular weight is 488 g/mol. The summed E-state index contributed by atoms with van der Waals surface area (Å²) in [5.41, 5.74) is 4.75. The fourth-order valence-electron chi connectivity index (χ4n) is 4.53. The molecule has 10 heteroatoms. The lowest BCUT2D eigenvalue weighted by atomic mass is 9.94. The number of aldehydes is 1. The van der Waals surface area contributed by atoms with Gasteiger partial charge in [0.05, 0.1) is 23.8 Å². The summed E-state index contributed by atoms with van der Waals surface area (Å²) in [5, 5.41) is 15.3. The van der Waals surface area contributed by atoms with Gasteiger partial charge in [-0.05, 0) is 37.6 Å². The molecule has 3 N–H and O–H groups in total. The third-order valence-corrected chi connectivity index (χ3v) is 6.30. The highest BCUT2D eigenvalue weighted by atomic mass is 16.5. The molecule has 4 heterocycles. The molecule has 1 fully saturated rings. The van der Waals surface area contributed by atoms with E-state index in [-0.39, 0.29) is 18.4 Å². The number of aliphatic carboxylic acids is 1. The van der Waals surface area contributed by atoms with E-state index in [1.807, 2.05) is 31.2 Å². The summed E-state index contributed by atoms with van der Waals surface area (Å²) < 4.78 is 6.21. The van der Waals surface area contributed by atoms with Crippen molar-refractivity contribution in [3.63, 3.8) is 0 Å². The van der Waals surface area contributed by atoms with Gasteiger partial charge in [-0.1, -0.05) is 0 Å². The number of nitrogens with zero attached hydrogens (tertiary/aromatic N) is 3. The Kier molecular flexibility index (Phi) is 6.24. The summed E-state index contributed by atoms with van der Waals surface area (Å²) in [5.74, 6) is 0.312. The molecule has 2 aliphatic rings. The maximum absolute atomic E-state index is 12.1. The number of carboxylic acids is 1. The molecular formula is C26H25N5O5. The van der Waals surface area contributed by atoms with Crippen molar-refractivity contribution in [3.8, 4) is 16.9 Å². The van der Waals surface area contributed by atoms with E-state index in [4.69, 9.17) is 4.74 Å². The summed E-state index contributed by atoms with van der Waals surface area (Å²) in [6, 6.07) is 8.40. The summed E-state index contributed by atoms with van der Waals surface area (Å²) in [4.78, 5) is 44.7. The lowest BCUT2D eigenvalue weighted by Gasteiger charge is -2.28. The zero-order chi connectivity index (χ0) is 25.2. The minimum atomic E-state index is -1.12. The van der Waals surface area contributed by atoms with Crippen LogP contribution in [0.2, 0.25) is 0 Å². The Balaban J connectivity index is 1.37. The fourth-order valence-corrected chi connectivity index (χ4v) is 4.53. The number of hydrogen-bond donors (Lipinski definition) is 3. The zero-order valence-corrected chi connectivity index (χ0v) is 19.6. The number of hydrogen-bond acceptors (Lipinski definition) is 8. The van der Waals surface area contributed by atoms with Crippen LogP contribution in [-0.2, 0) is 14.4 Å². The van der Waals surface area contributed by atoms with Crippen LogP contribution in [0.3, 0.4) is 0 Å². The van der Waals surface area contributed by atoms with Gasteiger partial charge in [-0.25, -0.2) is 9.78 Å². The third kappa shape index (κ3) is 4.57. The minimum Gasteiger partial charge on any atom is -0.485 e. The van der Waals surface area contributed by atoms with Crippen LogP contribution < -0.4 is 20.3 Å². The highest BCUT2D eigenvalue weighted by Crippen LogP contribution is 2.44. The van der Waals surface area contributed by atoms with Crippen LogP contribution in [0.15, 0.2) is 48.9 Å². The monoisotopic (exact) mass is 487 g/mol. The van der Waals surface area contributed by atoms with Crippen molar-refractivity contribution < 1.29 is 24.2 Å². The van der Waals surface area contributed by atoms with Gasteiger partial charge in [-0.15, -0.1) is 0 Å². The molecule has 3 aromatic rings. The molecule has 0 spiro atoms. The standard InChI is InChI=1S/C26H25N5O5/c1-15-20-11-24(30-17-9-16(12-27-13-17)29-22(6-8-32)26(34)35)28-14-21(20)19-5-4-18(10-23(19)36-15)31-7-2-3-25(31)33/h4-5,8-15,22,29H,2-3,6-7H2,1H3,(H,28,30)(H,34,35). The third-order valence-electron chi connectivity index (χ3n) is 6.30. The summed E-state index contributed by atoms with van der Waals surface area (Å²) >= 11 is 0. The number of carbonyl (C=O) groups is 3. The summed E-state index contributed by atoms with van der Waals surface area (Å²) in [6.45, 7) is 2.68. The lowest BCUT2D eigenvalue weighted by molar-refractivity contribution is -0.138. The molecule has 1 aromatic carbocycles. The van der Waals surface area contributed by atoms with Crippen LogP contribution in [0.4, 0.5) is 22.9 Å². The van der Waals surface area contributed by atoms with Crippen LogP contribution in [0.5, 0.6) is 5.75 Å². The molecule has 2 aliphatic heterocycles. The average Bonchev–Trinajstić information content (AvgIpc) is 3.29. The fraction of sp³-hybridized carbons (Fsp3) is 0.269. The molecule has 184 valence electrons. The van der Waals surface area contributed by atoms with E-state index in [2.05, 4.69) is 20.6 Å². The number of anilines is 4. The number of aromatic nitrogens is 2. The predicted octanol–water partition coefficient (Wildman–Crippen LogP) is 3.92. The first kappa shape index (κ1) is 23.3. The first-order valence-corrected chi connectivity index (χ1v) is 11.7. The van der Waals surface area contributed by atoms with Crippen molar-refractivity contribution in [1.29, 1.82) is 0 Å². The number of amides is 1. The molecule has 10 nitrogen and oxygen atoms in total. The molecule has 2 atom stereocenters. The van der Waals surface area contributed by atoms with Crippen molar-refractivity contribution in [2.24, 2.45) is 0 Å². The van der Waals surface area contributed by atoms with Crippen molar-refractivity contribution in [2.75, 3.05) is 22.1 Å². The Morgan fingerprint density at radius 2 is 2.06 bits per heavy atom. The van der Waals surface area contributed by atoms with E-state index in [0.29, 0.717) is 29.9 Å². The molecule has 1 amide bonds.